The predicted molar refractivity (Wildman–Crippen MR) is 68.9 cm³/mol. The summed E-state index contributed by atoms with van der Waals surface area (Å²) in [5, 5.41) is 6.11. The zero-order valence-electron chi connectivity index (χ0n) is 11.0. The molecule has 4 heteroatoms. The molecule has 1 aliphatic heterocycles. The highest BCUT2D eigenvalue weighted by molar-refractivity contribution is 5.81. The van der Waals surface area contributed by atoms with Crippen molar-refractivity contribution < 1.29 is 4.79 Å². The van der Waals surface area contributed by atoms with Gasteiger partial charge >= 0.3 is 0 Å². The minimum atomic E-state index is 0.0179. The third-order valence-electron chi connectivity index (χ3n) is 4.44. The molecule has 0 aromatic heterocycles. The van der Waals surface area contributed by atoms with Crippen LogP contribution in [0.2, 0.25) is 0 Å². The maximum Gasteiger partial charge on any atom is 0.238 e. The van der Waals surface area contributed by atoms with Gasteiger partial charge in [0, 0.05) is 32.7 Å². The van der Waals surface area contributed by atoms with E-state index in [1.54, 1.807) is 7.05 Å². The molecule has 0 aromatic rings. The molecule has 0 spiro atoms. The second-order valence-corrected chi connectivity index (χ2v) is 5.36. The quantitative estimate of drug-likeness (QED) is 0.757. The van der Waals surface area contributed by atoms with Crippen LogP contribution >= 0.6 is 0 Å². The minimum Gasteiger partial charge on any atom is -0.358 e. The van der Waals surface area contributed by atoms with E-state index in [-0.39, 0.29) is 11.9 Å². The Balaban J connectivity index is 2.01. The van der Waals surface area contributed by atoms with Crippen LogP contribution in [-0.4, -0.2) is 49.6 Å². The highest BCUT2D eigenvalue weighted by Crippen LogP contribution is 2.31. The van der Waals surface area contributed by atoms with Crippen LogP contribution in [0, 0.1) is 5.92 Å². The molecule has 1 heterocycles. The average molecular weight is 239 g/mol. The maximum atomic E-state index is 11.9. The lowest BCUT2D eigenvalue weighted by Crippen LogP contribution is -2.60. The first kappa shape index (κ1) is 12.8. The molecule has 98 valence electrons. The van der Waals surface area contributed by atoms with Gasteiger partial charge in [0.1, 0.15) is 6.04 Å². The summed E-state index contributed by atoms with van der Waals surface area (Å²) in [6.45, 7) is 5.09. The van der Waals surface area contributed by atoms with E-state index >= 15 is 0 Å². The second kappa shape index (κ2) is 5.83. The zero-order chi connectivity index (χ0) is 12.3. The molecule has 2 rings (SSSR count). The molecule has 2 aliphatic rings. The van der Waals surface area contributed by atoms with Crippen molar-refractivity contribution >= 4 is 5.91 Å². The number of hydrogen-bond donors (Lipinski definition) is 2. The van der Waals surface area contributed by atoms with Crippen LogP contribution in [0.15, 0.2) is 0 Å². The fourth-order valence-electron chi connectivity index (χ4n) is 3.33. The first-order valence-electron chi connectivity index (χ1n) is 6.92. The predicted octanol–water partition coefficient (Wildman–Crippen LogP) is 0.585. The van der Waals surface area contributed by atoms with E-state index in [2.05, 4.69) is 22.5 Å². The van der Waals surface area contributed by atoms with Crippen LogP contribution in [0.1, 0.15) is 32.6 Å². The van der Waals surface area contributed by atoms with Gasteiger partial charge in [-0.1, -0.05) is 12.8 Å². The molecule has 1 saturated heterocycles. The Kier molecular flexibility index (Phi) is 4.40. The molecule has 1 saturated carbocycles. The van der Waals surface area contributed by atoms with Gasteiger partial charge in [-0.05, 0) is 25.7 Å². The number of amides is 1. The Hall–Kier alpha value is -0.610. The zero-order valence-corrected chi connectivity index (χ0v) is 11.0. The van der Waals surface area contributed by atoms with E-state index in [4.69, 9.17) is 0 Å². The number of nitrogens with zero attached hydrogens (tertiary/aromatic N) is 1. The van der Waals surface area contributed by atoms with Crippen molar-refractivity contribution in [2.24, 2.45) is 5.92 Å². The maximum absolute atomic E-state index is 11.9. The minimum absolute atomic E-state index is 0.0179. The Morgan fingerprint density at radius 2 is 2.12 bits per heavy atom. The van der Waals surface area contributed by atoms with Crippen molar-refractivity contribution in [2.75, 3.05) is 26.7 Å². The highest BCUT2D eigenvalue weighted by atomic mass is 16.2. The summed E-state index contributed by atoms with van der Waals surface area (Å²) >= 11 is 0. The van der Waals surface area contributed by atoms with Crippen LogP contribution in [0.25, 0.3) is 0 Å². The molecule has 0 aromatic carbocycles. The summed E-state index contributed by atoms with van der Waals surface area (Å²) in [5.41, 5.74) is 0. The monoisotopic (exact) mass is 239 g/mol. The smallest absolute Gasteiger partial charge is 0.238 e. The van der Waals surface area contributed by atoms with Crippen molar-refractivity contribution in [2.45, 2.75) is 44.7 Å². The van der Waals surface area contributed by atoms with E-state index in [9.17, 15) is 4.79 Å². The summed E-state index contributed by atoms with van der Waals surface area (Å²) in [6.07, 6.45) is 5.41. The second-order valence-electron chi connectivity index (χ2n) is 5.36. The molecule has 0 bridgehead atoms. The highest BCUT2D eigenvalue weighted by Gasteiger charge is 2.35. The number of carbonyl (C=O) groups excluding carboxylic acids is 1. The van der Waals surface area contributed by atoms with Crippen molar-refractivity contribution in [3.05, 3.63) is 0 Å². The molecule has 2 N–H and O–H groups in total. The van der Waals surface area contributed by atoms with Crippen LogP contribution in [0.3, 0.4) is 0 Å². The van der Waals surface area contributed by atoms with Gasteiger partial charge in [0.15, 0.2) is 0 Å². The molecule has 2 fully saturated rings. The summed E-state index contributed by atoms with van der Waals surface area (Å²) in [5.74, 6) is 0.947. The van der Waals surface area contributed by atoms with Crippen molar-refractivity contribution in [3.63, 3.8) is 0 Å². The summed E-state index contributed by atoms with van der Waals surface area (Å²) in [7, 11) is 1.73. The third-order valence-corrected chi connectivity index (χ3v) is 4.44. The van der Waals surface area contributed by atoms with Crippen LogP contribution in [-0.2, 0) is 4.79 Å². The van der Waals surface area contributed by atoms with Crippen LogP contribution in [0.5, 0.6) is 0 Å². The number of rotatable bonds is 3. The molecule has 2 atom stereocenters. The summed E-state index contributed by atoms with van der Waals surface area (Å²) in [4.78, 5) is 14.3. The number of hydrogen-bond acceptors (Lipinski definition) is 3. The molecular formula is C13H25N3O. The normalized spacial score (nSPS) is 29.2. The topological polar surface area (TPSA) is 44.4 Å². The van der Waals surface area contributed by atoms with Gasteiger partial charge in [-0.25, -0.2) is 0 Å². The first-order valence-corrected chi connectivity index (χ1v) is 6.92. The Labute approximate surface area is 104 Å². The number of piperazine rings is 1. The van der Waals surface area contributed by atoms with E-state index in [1.165, 1.54) is 25.7 Å². The molecular weight excluding hydrogens is 214 g/mol. The lowest BCUT2D eigenvalue weighted by molar-refractivity contribution is -0.128. The Morgan fingerprint density at radius 3 is 2.76 bits per heavy atom. The van der Waals surface area contributed by atoms with Gasteiger partial charge in [-0.3, -0.25) is 9.69 Å². The van der Waals surface area contributed by atoms with Crippen molar-refractivity contribution in [1.82, 2.24) is 15.5 Å². The standard InChI is InChI=1S/C13H25N3O/c1-10(11-5-3-4-6-11)16-8-7-15-9-12(16)13(17)14-2/h10-12,15H,3-9H2,1-2H3,(H,14,17). The third kappa shape index (κ3) is 2.80. The van der Waals surface area contributed by atoms with Gasteiger partial charge in [-0.2, -0.15) is 0 Å². The number of nitrogens with one attached hydrogen (secondary N) is 2. The van der Waals surface area contributed by atoms with E-state index in [1.807, 2.05) is 0 Å². The lowest BCUT2D eigenvalue weighted by atomic mass is 9.95. The molecule has 17 heavy (non-hydrogen) atoms. The molecule has 1 aliphatic carbocycles. The fraction of sp³-hybridized carbons (Fsp3) is 0.923. The van der Waals surface area contributed by atoms with Crippen molar-refractivity contribution in [3.8, 4) is 0 Å². The lowest BCUT2D eigenvalue weighted by Gasteiger charge is -2.41. The van der Waals surface area contributed by atoms with Gasteiger partial charge in [0.05, 0.1) is 0 Å². The number of likely N-dealkylation sites (N-methyl/N-ethyl adjacent to an activating group) is 1. The summed E-state index contributed by atoms with van der Waals surface area (Å²) in [6, 6.07) is 0.561. The summed E-state index contributed by atoms with van der Waals surface area (Å²) < 4.78 is 0. The number of carbonyl (C=O) groups is 1. The van der Waals surface area contributed by atoms with Gasteiger partial charge in [0.25, 0.3) is 0 Å². The van der Waals surface area contributed by atoms with Gasteiger partial charge < -0.3 is 10.6 Å². The van der Waals surface area contributed by atoms with Crippen LogP contribution in [0.4, 0.5) is 0 Å². The van der Waals surface area contributed by atoms with E-state index < -0.39 is 0 Å². The average Bonchev–Trinajstić information content (AvgIpc) is 2.91. The first-order chi connectivity index (χ1) is 8.24. The van der Waals surface area contributed by atoms with Crippen LogP contribution < -0.4 is 10.6 Å². The largest absolute Gasteiger partial charge is 0.358 e. The Morgan fingerprint density at radius 1 is 1.41 bits per heavy atom. The van der Waals surface area contributed by atoms with Gasteiger partial charge in [0.2, 0.25) is 5.91 Å². The van der Waals surface area contributed by atoms with Gasteiger partial charge in [-0.15, -0.1) is 0 Å². The molecule has 0 radical (unpaired) electrons. The molecule has 4 nitrogen and oxygen atoms in total. The fourth-order valence-corrected chi connectivity index (χ4v) is 3.33. The molecule has 2 unspecified atom stereocenters. The van der Waals surface area contributed by atoms with Crippen molar-refractivity contribution in [1.29, 1.82) is 0 Å². The molecule has 1 amide bonds. The SMILES string of the molecule is CNC(=O)C1CNCCN1C(C)C1CCCC1. The van der Waals surface area contributed by atoms with E-state index in [0.717, 1.165) is 25.6 Å². The Bertz CT molecular complexity index is 263. The van der Waals surface area contributed by atoms with E-state index in [0.29, 0.717) is 6.04 Å².